The summed E-state index contributed by atoms with van der Waals surface area (Å²) in [6, 6.07) is -0.456. The van der Waals surface area contributed by atoms with E-state index in [0.29, 0.717) is 49.6 Å². The zero-order valence-electron chi connectivity index (χ0n) is 20.7. The van der Waals surface area contributed by atoms with Crippen molar-refractivity contribution in [3.05, 3.63) is 18.5 Å². The van der Waals surface area contributed by atoms with Gasteiger partial charge in [-0.15, -0.1) is 0 Å². The average molecular weight is 590 g/mol. The summed E-state index contributed by atoms with van der Waals surface area (Å²) in [5.74, 6) is 0.538. The van der Waals surface area contributed by atoms with Gasteiger partial charge in [-0.05, 0) is 44.6 Å². The third-order valence-electron chi connectivity index (χ3n) is 6.89. The summed E-state index contributed by atoms with van der Waals surface area (Å²) in [7, 11) is -3.78. The second-order valence-electron chi connectivity index (χ2n) is 9.79. The number of piperidine rings is 2. The Bertz CT molecular complexity index is 1070. The molecular weight excluding hydrogens is 560 g/mol. The molecule has 1 saturated carbocycles. The number of carbonyl (C=O) groups excluding carboxylic acids is 1. The fourth-order valence-corrected chi connectivity index (χ4v) is 6.36. The Kier molecular flexibility index (Phi) is 8.80. The van der Waals surface area contributed by atoms with Gasteiger partial charge in [0.2, 0.25) is 16.0 Å². The highest BCUT2D eigenvalue weighted by Crippen LogP contribution is 2.37. The quantitative estimate of drug-likeness (QED) is 0.461. The molecule has 1 aromatic rings. The maximum absolute atomic E-state index is 13.0. The summed E-state index contributed by atoms with van der Waals surface area (Å²) in [4.78, 5) is 23.7. The summed E-state index contributed by atoms with van der Waals surface area (Å²) in [5, 5.41) is -0.620. The van der Waals surface area contributed by atoms with Gasteiger partial charge in [-0.25, -0.2) is 27.9 Å². The molecule has 10 nitrogen and oxygen atoms in total. The molecule has 4 rings (SSSR count). The summed E-state index contributed by atoms with van der Waals surface area (Å²) in [6.45, 7) is 0.534. The van der Waals surface area contributed by atoms with Crippen LogP contribution in [0.15, 0.2) is 18.5 Å². The number of nitrogens with zero attached hydrogens (tertiary/aromatic N) is 4. The predicted octanol–water partition coefficient (Wildman–Crippen LogP) is 3.01. The van der Waals surface area contributed by atoms with Crippen molar-refractivity contribution in [3.8, 4) is 0 Å². The summed E-state index contributed by atoms with van der Waals surface area (Å²) >= 11 is 0. The minimum Gasteiger partial charge on any atom is -0.426 e. The number of alkyl halides is 6. The van der Waals surface area contributed by atoms with E-state index in [-0.39, 0.29) is 32.1 Å². The molecule has 2 atom stereocenters. The van der Waals surface area contributed by atoms with Crippen molar-refractivity contribution in [1.82, 2.24) is 19.6 Å². The molecule has 1 aromatic heterocycles. The van der Waals surface area contributed by atoms with E-state index in [0.717, 1.165) is 0 Å². The Morgan fingerprint density at radius 3 is 2.18 bits per heavy atom. The molecule has 1 amide bonds. The van der Waals surface area contributed by atoms with Gasteiger partial charge in [0, 0.05) is 38.1 Å². The first-order valence-electron chi connectivity index (χ1n) is 12.5. The maximum atomic E-state index is 13.0. The van der Waals surface area contributed by atoms with E-state index in [1.165, 1.54) is 0 Å². The van der Waals surface area contributed by atoms with E-state index in [2.05, 4.69) is 19.4 Å². The number of sulfonamides is 1. The van der Waals surface area contributed by atoms with E-state index in [4.69, 9.17) is 4.74 Å². The van der Waals surface area contributed by atoms with Crippen LogP contribution in [-0.2, 0) is 19.5 Å². The van der Waals surface area contributed by atoms with E-state index < -0.39 is 51.9 Å². The van der Waals surface area contributed by atoms with E-state index in [1.54, 1.807) is 18.5 Å². The molecule has 1 N–H and O–H groups in total. The fraction of sp³-hybridized carbons (Fsp3) is 0.773. The number of amides is 1. The Morgan fingerprint density at radius 1 is 1.00 bits per heavy atom. The van der Waals surface area contributed by atoms with E-state index >= 15 is 0 Å². The van der Waals surface area contributed by atoms with Gasteiger partial charge in [0.15, 0.2) is 0 Å². The molecule has 2 saturated heterocycles. The number of anilines is 1. The SMILES string of the molecule is O=C(OC(C(F)(F)F)C(F)(F)F)N1CCC[C@@H](NS(=O)(=O)C2CC2)[C@H]1COC1CCN(c2ncccn2)CC1. The molecular formula is C22H29F6N5O5S. The third-order valence-corrected chi connectivity index (χ3v) is 8.87. The van der Waals surface area contributed by atoms with E-state index in [9.17, 15) is 39.6 Å². The lowest BCUT2D eigenvalue weighted by Crippen LogP contribution is -2.60. The van der Waals surface area contributed by atoms with Crippen LogP contribution in [0.1, 0.15) is 38.5 Å². The smallest absolute Gasteiger partial charge is 0.426 e. The summed E-state index contributed by atoms with van der Waals surface area (Å²) in [5.41, 5.74) is 0. The molecule has 39 heavy (non-hydrogen) atoms. The number of likely N-dealkylation sites (tertiary alicyclic amines) is 1. The van der Waals surface area contributed by atoms with Crippen molar-refractivity contribution in [2.45, 2.75) is 80.4 Å². The van der Waals surface area contributed by atoms with Gasteiger partial charge in [0.05, 0.1) is 24.0 Å². The first kappa shape index (κ1) is 29.6. The van der Waals surface area contributed by atoms with Gasteiger partial charge in [-0.1, -0.05) is 0 Å². The van der Waals surface area contributed by atoms with Gasteiger partial charge in [0.25, 0.3) is 6.10 Å². The largest absolute Gasteiger partial charge is 0.434 e. The van der Waals surface area contributed by atoms with Crippen LogP contribution in [0.2, 0.25) is 0 Å². The zero-order valence-corrected chi connectivity index (χ0v) is 21.5. The van der Waals surface area contributed by atoms with Crippen LogP contribution in [0, 0.1) is 0 Å². The highest BCUT2D eigenvalue weighted by molar-refractivity contribution is 7.90. The molecule has 220 valence electrons. The molecule has 0 spiro atoms. The fourth-order valence-electron chi connectivity index (χ4n) is 4.71. The molecule has 3 fully saturated rings. The number of nitrogens with one attached hydrogen (secondary N) is 1. The highest BCUT2D eigenvalue weighted by Gasteiger charge is 2.60. The maximum Gasteiger partial charge on any atom is 0.434 e. The first-order chi connectivity index (χ1) is 18.3. The van der Waals surface area contributed by atoms with Crippen LogP contribution in [0.25, 0.3) is 0 Å². The number of hydrogen-bond donors (Lipinski definition) is 1. The molecule has 0 aromatic carbocycles. The number of ether oxygens (including phenoxy) is 2. The van der Waals surface area contributed by atoms with Crippen molar-refractivity contribution in [3.63, 3.8) is 0 Å². The number of carbonyl (C=O) groups is 1. The van der Waals surface area contributed by atoms with Gasteiger partial charge < -0.3 is 19.3 Å². The second kappa shape index (κ2) is 11.6. The topological polar surface area (TPSA) is 114 Å². The van der Waals surface area contributed by atoms with E-state index in [1.807, 2.05) is 4.90 Å². The zero-order chi connectivity index (χ0) is 28.4. The Balaban J connectivity index is 1.45. The van der Waals surface area contributed by atoms with Crippen molar-refractivity contribution < 1.29 is 49.0 Å². The van der Waals surface area contributed by atoms with Crippen LogP contribution < -0.4 is 9.62 Å². The van der Waals surface area contributed by atoms with Gasteiger partial charge in [0.1, 0.15) is 0 Å². The lowest BCUT2D eigenvalue weighted by atomic mass is 9.97. The number of rotatable bonds is 8. The van der Waals surface area contributed by atoms with Crippen molar-refractivity contribution in [2.75, 3.05) is 31.1 Å². The lowest BCUT2D eigenvalue weighted by molar-refractivity contribution is -0.308. The molecule has 0 bridgehead atoms. The van der Waals surface area contributed by atoms with Crippen LogP contribution in [0.3, 0.4) is 0 Å². The lowest BCUT2D eigenvalue weighted by Gasteiger charge is -2.42. The molecule has 1 aliphatic carbocycles. The average Bonchev–Trinajstić information content (AvgIpc) is 3.72. The number of halogens is 6. The standard InChI is InChI=1S/C22H29F6N5O5S/c23-21(24,25)18(22(26,27)28)38-20(34)33-10-1-3-16(31-39(35,36)15-4-5-15)17(33)13-37-14-6-11-32(12-7-14)19-29-8-2-9-30-19/h2,8-9,14-18,31H,1,3-7,10-13H2/t16-,17-/m1/s1. The Hall–Kier alpha value is -2.40. The molecule has 0 unspecified atom stereocenters. The molecule has 2 aliphatic heterocycles. The van der Waals surface area contributed by atoms with Crippen molar-refractivity contribution in [2.24, 2.45) is 0 Å². The van der Waals surface area contributed by atoms with Crippen LogP contribution in [0.4, 0.5) is 37.1 Å². The number of hydrogen-bond acceptors (Lipinski definition) is 8. The molecule has 3 aliphatic rings. The van der Waals surface area contributed by atoms with Crippen LogP contribution in [-0.4, -0.2) is 97.5 Å². The summed E-state index contributed by atoms with van der Waals surface area (Å²) in [6.07, 6.45) is -12.8. The molecule has 0 radical (unpaired) electrons. The van der Waals surface area contributed by atoms with Crippen molar-refractivity contribution >= 4 is 22.1 Å². The Morgan fingerprint density at radius 2 is 1.62 bits per heavy atom. The van der Waals surface area contributed by atoms with Crippen LogP contribution in [0.5, 0.6) is 0 Å². The third kappa shape index (κ3) is 7.63. The van der Waals surface area contributed by atoms with Crippen LogP contribution >= 0.6 is 0 Å². The monoisotopic (exact) mass is 589 g/mol. The van der Waals surface area contributed by atoms with Gasteiger partial charge in [-0.2, -0.15) is 26.3 Å². The highest BCUT2D eigenvalue weighted by atomic mass is 32.2. The number of aromatic nitrogens is 2. The normalized spacial score (nSPS) is 23.8. The predicted molar refractivity (Wildman–Crippen MR) is 124 cm³/mol. The minimum atomic E-state index is -5.88. The van der Waals surface area contributed by atoms with Gasteiger partial charge >= 0.3 is 18.4 Å². The van der Waals surface area contributed by atoms with Gasteiger partial charge in [-0.3, -0.25) is 0 Å². The summed E-state index contributed by atoms with van der Waals surface area (Å²) < 4.78 is 116. The first-order valence-corrected chi connectivity index (χ1v) is 14.1. The minimum absolute atomic E-state index is 0.140. The second-order valence-corrected chi connectivity index (χ2v) is 11.8. The molecule has 3 heterocycles. The molecule has 17 heteroatoms. The Labute approximate surface area is 221 Å². The van der Waals surface area contributed by atoms with Crippen molar-refractivity contribution in [1.29, 1.82) is 0 Å².